The Morgan fingerprint density at radius 2 is 1.48 bits per heavy atom. The molecule has 0 fully saturated rings. The molecule has 0 aromatic heterocycles. The lowest BCUT2D eigenvalue weighted by molar-refractivity contribution is -0.164. The third-order valence-corrected chi connectivity index (χ3v) is 2.93. The Morgan fingerprint density at radius 1 is 1.10 bits per heavy atom. The zero-order valence-electron chi connectivity index (χ0n) is 12.0. The van der Waals surface area contributed by atoms with E-state index in [2.05, 4.69) is 0 Å². The Hall–Kier alpha value is -2.18. The van der Waals surface area contributed by atoms with Gasteiger partial charge in [-0.25, -0.2) is 8.78 Å². The number of hydrogen-bond acceptors (Lipinski definition) is 5. The smallest absolute Gasteiger partial charge is 0.327 e. The zero-order valence-corrected chi connectivity index (χ0v) is 12.0. The van der Waals surface area contributed by atoms with Crippen molar-refractivity contribution in [1.29, 1.82) is 0 Å². The van der Waals surface area contributed by atoms with Gasteiger partial charge in [-0.2, -0.15) is 0 Å². The van der Waals surface area contributed by atoms with Crippen LogP contribution in [0.1, 0.15) is 26.3 Å². The standard InChI is InChI=1S/C14H17F2NO4/c1-4-20-12(18)14(3,13(19)21-5-2)11-9(15)6-8(17)7-10(11)16/h6-7H,4-5,17H2,1-3H3. The lowest BCUT2D eigenvalue weighted by Gasteiger charge is -2.26. The molecule has 0 saturated heterocycles. The summed E-state index contributed by atoms with van der Waals surface area (Å²) in [5, 5.41) is 0. The second-order valence-corrected chi connectivity index (χ2v) is 4.43. The molecule has 2 N–H and O–H groups in total. The van der Waals surface area contributed by atoms with E-state index in [0.717, 1.165) is 19.1 Å². The largest absolute Gasteiger partial charge is 0.465 e. The highest BCUT2D eigenvalue weighted by Gasteiger charge is 2.49. The predicted molar refractivity (Wildman–Crippen MR) is 71.4 cm³/mol. The Balaban J connectivity index is 3.51. The van der Waals surface area contributed by atoms with Crippen LogP contribution >= 0.6 is 0 Å². The zero-order chi connectivity index (χ0) is 16.2. The summed E-state index contributed by atoms with van der Waals surface area (Å²) in [5.41, 5.74) is 2.18. The minimum Gasteiger partial charge on any atom is -0.465 e. The first-order valence-corrected chi connectivity index (χ1v) is 6.38. The molecule has 0 aliphatic heterocycles. The first-order chi connectivity index (χ1) is 9.78. The summed E-state index contributed by atoms with van der Waals surface area (Å²) in [6.45, 7) is 3.98. The number of carbonyl (C=O) groups excluding carboxylic acids is 2. The molecule has 21 heavy (non-hydrogen) atoms. The van der Waals surface area contributed by atoms with Crippen molar-refractivity contribution in [3.05, 3.63) is 29.3 Å². The van der Waals surface area contributed by atoms with Gasteiger partial charge >= 0.3 is 11.9 Å². The number of ether oxygens (including phenoxy) is 2. The maximum Gasteiger partial charge on any atom is 0.327 e. The molecule has 7 heteroatoms. The van der Waals surface area contributed by atoms with Crippen LogP contribution in [0.2, 0.25) is 0 Å². The van der Waals surface area contributed by atoms with E-state index in [1.807, 2.05) is 0 Å². The first kappa shape index (κ1) is 16.9. The van der Waals surface area contributed by atoms with Crippen molar-refractivity contribution in [1.82, 2.24) is 0 Å². The molecule has 116 valence electrons. The predicted octanol–water partition coefficient (Wildman–Crippen LogP) is 1.93. The summed E-state index contributed by atoms with van der Waals surface area (Å²) in [5.74, 6) is -4.41. The molecule has 0 heterocycles. The van der Waals surface area contributed by atoms with Gasteiger partial charge in [0.25, 0.3) is 0 Å². The Morgan fingerprint density at radius 3 is 1.81 bits per heavy atom. The van der Waals surface area contributed by atoms with E-state index in [4.69, 9.17) is 15.2 Å². The molecule has 0 aliphatic carbocycles. The number of nitrogens with two attached hydrogens (primary N) is 1. The quantitative estimate of drug-likeness (QED) is 0.511. The molecular formula is C14H17F2NO4. The molecule has 0 bridgehead atoms. The number of esters is 2. The van der Waals surface area contributed by atoms with Crippen LogP contribution in [0, 0.1) is 11.6 Å². The van der Waals surface area contributed by atoms with Gasteiger partial charge in [-0.3, -0.25) is 9.59 Å². The van der Waals surface area contributed by atoms with E-state index >= 15 is 0 Å². The van der Waals surface area contributed by atoms with Crippen LogP contribution in [0.3, 0.4) is 0 Å². The van der Waals surface area contributed by atoms with E-state index in [-0.39, 0.29) is 18.9 Å². The fourth-order valence-corrected chi connectivity index (χ4v) is 1.91. The van der Waals surface area contributed by atoms with Gasteiger partial charge in [0.05, 0.1) is 18.8 Å². The van der Waals surface area contributed by atoms with Crippen LogP contribution in [0.15, 0.2) is 12.1 Å². The Bertz CT molecular complexity index is 519. The molecule has 0 spiro atoms. The van der Waals surface area contributed by atoms with E-state index in [9.17, 15) is 18.4 Å². The summed E-state index contributed by atoms with van der Waals surface area (Å²) < 4.78 is 37.7. The summed E-state index contributed by atoms with van der Waals surface area (Å²) >= 11 is 0. The lowest BCUT2D eigenvalue weighted by atomic mass is 9.81. The van der Waals surface area contributed by atoms with Crippen LogP contribution < -0.4 is 5.73 Å². The highest BCUT2D eigenvalue weighted by Crippen LogP contribution is 2.33. The van der Waals surface area contributed by atoms with Gasteiger partial charge in [0.1, 0.15) is 11.6 Å². The maximum absolute atomic E-state index is 14.1. The second-order valence-electron chi connectivity index (χ2n) is 4.43. The van der Waals surface area contributed by atoms with E-state index in [0.29, 0.717) is 0 Å². The number of benzene rings is 1. The van der Waals surface area contributed by atoms with Crippen molar-refractivity contribution in [3.8, 4) is 0 Å². The van der Waals surface area contributed by atoms with Crippen LogP contribution in [-0.2, 0) is 24.5 Å². The SMILES string of the molecule is CCOC(=O)C(C)(C(=O)OCC)c1c(F)cc(N)cc1F. The summed E-state index contributed by atoms with van der Waals surface area (Å²) in [4.78, 5) is 24.2. The maximum atomic E-state index is 14.1. The fourth-order valence-electron chi connectivity index (χ4n) is 1.91. The third-order valence-electron chi connectivity index (χ3n) is 2.93. The Labute approximate surface area is 121 Å². The molecule has 0 aliphatic rings. The van der Waals surface area contributed by atoms with Gasteiger partial charge in [0.2, 0.25) is 0 Å². The normalized spacial score (nSPS) is 11.1. The lowest BCUT2D eigenvalue weighted by Crippen LogP contribution is -2.45. The molecular weight excluding hydrogens is 284 g/mol. The molecule has 0 unspecified atom stereocenters. The number of nitrogen functional groups attached to an aromatic ring is 1. The number of halogens is 2. The van der Waals surface area contributed by atoms with Crippen molar-refractivity contribution in [3.63, 3.8) is 0 Å². The van der Waals surface area contributed by atoms with Gasteiger partial charge in [-0.05, 0) is 32.9 Å². The molecule has 0 saturated carbocycles. The van der Waals surface area contributed by atoms with Crippen LogP contribution in [0.5, 0.6) is 0 Å². The average Bonchev–Trinajstić information content (AvgIpc) is 2.37. The van der Waals surface area contributed by atoms with Gasteiger partial charge in [0.15, 0.2) is 5.41 Å². The van der Waals surface area contributed by atoms with Crippen molar-refractivity contribution >= 4 is 17.6 Å². The number of hydrogen-bond donors (Lipinski definition) is 1. The minimum atomic E-state index is -2.24. The van der Waals surface area contributed by atoms with Crippen molar-refractivity contribution in [2.45, 2.75) is 26.2 Å². The number of carbonyl (C=O) groups is 2. The monoisotopic (exact) mass is 301 g/mol. The molecule has 0 atom stereocenters. The Kier molecular flexibility index (Phi) is 5.23. The highest BCUT2D eigenvalue weighted by molar-refractivity contribution is 6.06. The van der Waals surface area contributed by atoms with E-state index in [1.54, 1.807) is 0 Å². The average molecular weight is 301 g/mol. The van der Waals surface area contributed by atoms with E-state index < -0.39 is 34.6 Å². The second kappa shape index (κ2) is 6.51. The van der Waals surface area contributed by atoms with Crippen molar-refractivity contribution in [2.24, 2.45) is 0 Å². The molecule has 5 nitrogen and oxygen atoms in total. The van der Waals surface area contributed by atoms with Gasteiger partial charge in [-0.1, -0.05) is 0 Å². The molecule has 0 amide bonds. The fraction of sp³-hybridized carbons (Fsp3) is 0.429. The third kappa shape index (κ3) is 3.12. The van der Waals surface area contributed by atoms with Gasteiger partial charge in [-0.15, -0.1) is 0 Å². The van der Waals surface area contributed by atoms with Crippen molar-refractivity contribution in [2.75, 3.05) is 18.9 Å². The van der Waals surface area contributed by atoms with Crippen LogP contribution in [0.4, 0.5) is 14.5 Å². The van der Waals surface area contributed by atoms with Gasteiger partial charge < -0.3 is 15.2 Å². The highest BCUT2D eigenvalue weighted by atomic mass is 19.1. The number of rotatable bonds is 5. The molecule has 1 aromatic carbocycles. The molecule has 1 aromatic rings. The first-order valence-electron chi connectivity index (χ1n) is 6.38. The van der Waals surface area contributed by atoms with Gasteiger partial charge in [0, 0.05) is 5.69 Å². The summed E-state index contributed by atoms with van der Waals surface area (Å²) in [6, 6.07) is 1.66. The van der Waals surface area contributed by atoms with E-state index in [1.165, 1.54) is 13.8 Å². The topological polar surface area (TPSA) is 78.6 Å². The molecule has 1 rings (SSSR count). The van der Waals surface area contributed by atoms with Crippen LogP contribution in [-0.4, -0.2) is 25.2 Å². The summed E-state index contributed by atoms with van der Waals surface area (Å²) in [7, 11) is 0. The summed E-state index contributed by atoms with van der Waals surface area (Å²) in [6.07, 6.45) is 0. The van der Waals surface area contributed by atoms with Crippen LogP contribution in [0.25, 0.3) is 0 Å². The minimum absolute atomic E-state index is 0.0496. The number of anilines is 1. The molecule has 0 radical (unpaired) electrons. The van der Waals surface area contributed by atoms with Crippen molar-refractivity contribution < 1.29 is 27.8 Å².